The molecule has 3 aromatic rings. The molecule has 0 aromatic heterocycles. The van der Waals surface area contributed by atoms with Gasteiger partial charge in [0.05, 0.1) is 6.54 Å². The molecule has 1 atom stereocenters. The van der Waals surface area contributed by atoms with Gasteiger partial charge in [-0.25, -0.2) is 9.48 Å². The molecule has 2 aliphatic rings. The van der Waals surface area contributed by atoms with E-state index in [9.17, 15) is 5.11 Å². The molecule has 2 aliphatic heterocycles. The summed E-state index contributed by atoms with van der Waals surface area (Å²) in [5, 5.41) is 12.0. The first-order valence-electron chi connectivity index (χ1n) is 10.7. The van der Waals surface area contributed by atoms with Crippen LogP contribution in [0.2, 0.25) is 0 Å². The summed E-state index contributed by atoms with van der Waals surface area (Å²) < 4.78 is 3.32. The van der Waals surface area contributed by atoms with Crippen molar-refractivity contribution in [2.75, 3.05) is 18.0 Å². The molecule has 0 radical (unpaired) electrons. The summed E-state index contributed by atoms with van der Waals surface area (Å²) >= 11 is 3.54. The molecule has 2 heterocycles. The lowest BCUT2D eigenvalue weighted by molar-refractivity contribution is -0.658. The average Bonchev–Trinajstić information content (AvgIpc) is 2.94. The lowest BCUT2D eigenvalue weighted by Crippen LogP contribution is -2.41. The fourth-order valence-electron chi connectivity index (χ4n) is 4.74. The number of anilines is 1. The Labute approximate surface area is 186 Å². The van der Waals surface area contributed by atoms with E-state index in [2.05, 4.69) is 98.2 Å². The van der Waals surface area contributed by atoms with E-state index in [1.165, 1.54) is 29.8 Å². The van der Waals surface area contributed by atoms with Crippen molar-refractivity contribution in [1.29, 1.82) is 0 Å². The number of rotatable bonds is 3. The van der Waals surface area contributed by atoms with Crippen LogP contribution in [0.15, 0.2) is 83.3 Å². The summed E-state index contributed by atoms with van der Waals surface area (Å²) in [5.41, 5.74) is 3.45. The van der Waals surface area contributed by atoms with Crippen LogP contribution in [0.5, 0.6) is 0 Å². The molecule has 0 unspecified atom stereocenters. The van der Waals surface area contributed by atoms with Crippen LogP contribution in [0.4, 0.5) is 5.69 Å². The van der Waals surface area contributed by atoms with Crippen LogP contribution in [0.25, 0.3) is 11.1 Å². The van der Waals surface area contributed by atoms with Crippen molar-refractivity contribution in [3.05, 3.63) is 88.9 Å². The highest BCUT2D eigenvalue weighted by Crippen LogP contribution is 2.36. The molecule has 0 saturated heterocycles. The van der Waals surface area contributed by atoms with Gasteiger partial charge in [0.2, 0.25) is 0 Å². The van der Waals surface area contributed by atoms with Gasteiger partial charge in [0.15, 0.2) is 6.54 Å². The first-order chi connectivity index (χ1) is 14.6. The zero-order valence-electron chi connectivity index (χ0n) is 17.0. The van der Waals surface area contributed by atoms with Gasteiger partial charge in [-0.2, -0.15) is 0 Å². The van der Waals surface area contributed by atoms with Crippen molar-refractivity contribution >= 4 is 27.5 Å². The lowest BCUT2D eigenvalue weighted by Gasteiger charge is -2.24. The van der Waals surface area contributed by atoms with Gasteiger partial charge in [0.25, 0.3) is 11.6 Å². The molecule has 152 valence electrons. The molecule has 0 saturated carbocycles. The Kier molecular flexibility index (Phi) is 5.21. The second kappa shape index (κ2) is 8.01. The molecular formula is C26H26BrN2O+. The SMILES string of the molecule is O[C@]1(c2ccc(-c3ccccc3)cc2)CN(c2ccc(Br)cc2)C2=[N+]1CCCCC2. The van der Waals surface area contributed by atoms with E-state index in [1.807, 2.05) is 6.07 Å². The second-order valence-corrected chi connectivity index (χ2v) is 9.12. The molecule has 4 heteroatoms. The molecule has 3 aromatic carbocycles. The van der Waals surface area contributed by atoms with Crippen LogP contribution in [0.3, 0.4) is 0 Å². The van der Waals surface area contributed by atoms with Gasteiger partial charge in [-0.3, -0.25) is 0 Å². The van der Waals surface area contributed by atoms with Crippen molar-refractivity contribution in [2.45, 2.75) is 31.4 Å². The number of nitrogens with zero attached hydrogens (tertiary/aromatic N) is 2. The normalized spacial score (nSPS) is 21.5. The van der Waals surface area contributed by atoms with Crippen LogP contribution in [0, 0.1) is 0 Å². The van der Waals surface area contributed by atoms with Crippen LogP contribution in [-0.2, 0) is 5.72 Å². The zero-order chi connectivity index (χ0) is 20.6. The van der Waals surface area contributed by atoms with Gasteiger partial charge in [-0.15, -0.1) is 0 Å². The Morgan fingerprint density at radius 3 is 2.23 bits per heavy atom. The minimum absolute atomic E-state index is 0.550. The summed E-state index contributed by atoms with van der Waals surface area (Å²) in [6.45, 7) is 1.44. The van der Waals surface area contributed by atoms with E-state index in [1.54, 1.807) is 0 Å². The van der Waals surface area contributed by atoms with Gasteiger partial charge in [0, 0.05) is 16.5 Å². The molecule has 0 fully saturated rings. The van der Waals surface area contributed by atoms with Gasteiger partial charge in [-0.1, -0.05) is 70.5 Å². The third-order valence-electron chi connectivity index (χ3n) is 6.32. The van der Waals surface area contributed by atoms with Crippen molar-refractivity contribution in [2.24, 2.45) is 0 Å². The number of hydrogen-bond donors (Lipinski definition) is 1. The van der Waals surface area contributed by atoms with Crippen LogP contribution in [-0.4, -0.2) is 28.6 Å². The Balaban J connectivity index is 1.53. The number of benzene rings is 3. The van der Waals surface area contributed by atoms with Crippen molar-refractivity contribution < 1.29 is 9.68 Å². The van der Waals surface area contributed by atoms with E-state index in [0.29, 0.717) is 6.54 Å². The summed E-state index contributed by atoms with van der Waals surface area (Å²) in [7, 11) is 0. The molecule has 0 spiro atoms. The van der Waals surface area contributed by atoms with Crippen molar-refractivity contribution in [1.82, 2.24) is 0 Å². The first-order valence-corrected chi connectivity index (χ1v) is 11.5. The zero-order valence-corrected chi connectivity index (χ0v) is 18.6. The molecule has 3 nitrogen and oxygen atoms in total. The third-order valence-corrected chi connectivity index (χ3v) is 6.85. The maximum Gasteiger partial charge on any atom is 0.271 e. The molecule has 0 amide bonds. The topological polar surface area (TPSA) is 26.5 Å². The monoisotopic (exact) mass is 461 g/mol. The fourth-order valence-corrected chi connectivity index (χ4v) is 5.00. The average molecular weight is 462 g/mol. The highest BCUT2D eigenvalue weighted by Gasteiger charge is 2.51. The van der Waals surface area contributed by atoms with E-state index in [-0.39, 0.29) is 0 Å². The predicted octanol–water partition coefficient (Wildman–Crippen LogP) is 5.77. The minimum Gasteiger partial charge on any atom is -0.346 e. The molecule has 30 heavy (non-hydrogen) atoms. The Morgan fingerprint density at radius 2 is 1.50 bits per heavy atom. The largest absolute Gasteiger partial charge is 0.346 e. The molecule has 0 aliphatic carbocycles. The maximum absolute atomic E-state index is 12.0. The minimum atomic E-state index is -1.01. The standard InChI is InChI=1S/C26H26BrN2O/c27-23-14-16-24(17-15-23)28-19-26(30,29-18-6-2-5-9-25(28)29)22-12-10-21(11-13-22)20-7-3-1-4-8-20/h1,3-4,7-8,10-17,30H,2,5-6,9,18-19H2/q+1/t26-/m0/s1. The number of β-amino-alcohol motifs (C(OH)–C–C–N with tert-alkyl or cyclic N) is 1. The summed E-state index contributed by atoms with van der Waals surface area (Å²) in [4.78, 5) is 2.31. The van der Waals surface area contributed by atoms with Gasteiger partial charge in [-0.05, 0) is 54.7 Å². The van der Waals surface area contributed by atoms with Crippen molar-refractivity contribution in [3.8, 4) is 11.1 Å². The van der Waals surface area contributed by atoms with E-state index >= 15 is 0 Å². The maximum atomic E-state index is 12.0. The Morgan fingerprint density at radius 1 is 0.800 bits per heavy atom. The fraction of sp³-hybridized carbons (Fsp3) is 0.269. The molecule has 5 rings (SSSR count). The number of hydrogen-bond acceptors (Lipinski definition) is 2. The predicted molar refractivity (Wildman–Crippen MR) is 126 cm³/mol. The number of amidine groups is 1. The summed E-state index contributed by atoms with van der Waals surface area (Å²) in [6, 6.07) is 27.2. The molecule has 1 N–H and O–H groups in total. The summed E-state index contributed by atoms with van der Waals surface area (Å²) in [5.74, 6) is 1.24. The molecular weight excluding hydrogens is 436 g/mol. The van der Waals surface area contributed by atoms with Crippen LogP contribution < -0.4 is 4.90 Å². The number of halogens is 1. The third kappa shape index (κ3) is 3.48. The van der Waals surface area contributed by atoms with E-state index in [4.69, 9.17) is 0 Å². The van der Waals surface area contributed by atoms with Gasteiger partial charge >= 0.3 is 0 Å². The lowest BCUT2D eigenvalue weighted by atomic mass is 9.98. The second-order valence-electron chi connectivity index (χ2n) is 8.20. The Bertz CT molecular complexity index is 1060. The van der Waals surface area contributed by atoms with Crippen LogP contribution in [0.1, 0.15) is 31.2 Å². The highest BCUT2D eigenvalue weighted by atomic mass is 79.9. The molecule has 0 bridgehead atoms. The summed E-state index contributed by atoms with van der Waals surface area (Å²) in [6.07, 6.45) is 4.49. The smallest absolute Gasteiger partial charge is 0.271 e. The van der Waals surface area contributed by atoms with Crippen LogP contribution >= 0.6 is 15.9 Å². The van der Waals surface area contributed by atoms with Crippen molar-refractivity contribution in [3.63, 3.8) is 0 Å². The quantitative estimate of drug-likeness (QED) is 0.501. The Hall–Kier alpha value is -2.43. The van der Waals surface area contributed by atoms with Gasteiger partial charge in [0.1, 0.15) is 5.69 Å². The highest BCUT2D eigenvalue weighted by molar-refractivity contribution is 9.10. The number of aliphatic hydroxyl groups is 1. The van der Waals surface area contributed by atoms with Gasteiger partial charge < -0.3 is 5.11 Å². The van der Waals surface area contributed by atoms with E-state index < -0.39 is 5.72 Å². The van der Waals surface area contributed by atoms with E-state index in [0.717, 1.165) is 35.1 Å². The first kappa shape index (κ1) is 19.5.